The smallest absolute Gasteiger partial charge is 0.254 e. The highest BCUT2D eigenvalue weighted by molar-refractivity contribution is 5.95. The summed E-state index contributed by atoms with van der Waals surface area (Å²) in [6.07, 6.45) is 4.30. The van der Waals surface area contributed by atoms with Crippen LogP contribution in [0, 0.1) is 5.92 Å². The van der Waals surface area contributed by atoms with Crippen LogP contribution in [0.1, 0.15) is 29.6 Å². The van der Waals surface area contributed by atoms with Crippen molar-refractivity contribution in [1.82, 2.24) is 14.8 Å². The van der Waals surface area contributed by atoms with Crippen molar-refractivity contribution in [2.24, 2.45) is 5.92 Å². The summed E-state index contributed by atoms with van der Waals surface area (Å²) in [5.41, 5.74) is 1.75. The van der Waals surface area contributed by atoms with E-state index in [4.69, 9.17) is 9.47 Å². The fourth-order valence-electron chi connectivity index (χ4n) is 4.40. The number of ether oxygens (including phenoxy) is 2. The number of likely N-dealkylation sites (tertiary alicyclic amines) is 1. The molecular weight excluding hydrogens is 418 g/mol. The standard InChI is InChI=1S/C26H31N3O4/c1-32-22-16-21(17-23(18-22)33-2)26(31)29-14-9-20(10-15-29)25(30)27-11-5-12-28-13-8-19-6-3-4-7-24(19)28/h3-4,6-8,13,16-18,20H,5,9-12,14-15H2,1-2H3,(H,27,30). The van der Waals surface area contributed by atoms with Crippen molar-refractivity contribution in [3.8, 4) is 11.5 Å². The van der Waals surface area contributed by atoms with Crippen LogP contribution in [-0.2, 0) is 11.3 Å². The van der Waals surface area contributed by atoms with Gasteiger partial charge in [0.1, 0.15) is 11.5 Å². The molecule has 0 saturated carbocycles. The van der Waals surface area contributed by atoms with E-state index >= 15 is 0 Å². The average molecular weight is 450 g/mol. The molecule has 7 heteroatoms. The van der Waals surface area contributed by atoms with Crippen molar-refractivity contribution in [1.29, 1.82) is 0 Å². The van der Waals surface area contributed by atoms with Crippen molar-refractivity contribution in [2.45, 2.75) is 25.8 Å². The van der Waals surface area contributed by atoms with Gasteiger partial charge in [0.15, 0.2) is 0 Å². The first-order chi connectivity index (χ1) is 16.1. The monoisotopic (exact) mass is 449 g/mol. The number of fused-ring (bicyclic) bond motifs is 1. The third kappa shape index (κ3) is 5.30. The molecule has 1 aromatic heterocycles. The molecule has 1 aliphatic rings. The van der Waals surface area contributed by atoms with Gasteiger partial charge in [-0.15, -0.1) is 0 Å². The number of carbonyl (C=O) groups excluding carboxylic acids is 2. The Labute approximate surface area is 194 Å². The van der Waals surface area contributed by atoms with E-state index in [1.165, 1.54) is 10.9 Å². The summed E-state index contributed by atoms with van der Waals surface area (Å²) in [5, 5.41) is 4.31. The third-order valence-corrected chi connectivity index (χ3v) is 6.31. The van der Waals surface area contributed by atoms with Crippen LogP contribution in [0.3, 0.4) is 0 Å². The van der Waals surface area contributed by atoms with Crippen LogP contribution in [-0.4, -0.2) is 55.1 Å². The van der Waals surface area contributed by atoms with Crippen LogP contribution < -0.4 is 14.8 Å². The second-order valence-corrected chi connectivity index (χ2v) is 8.38. The number of rotatable bonds is 8. The Kier molecular flexibility index (Phi) is 7.17. The summed E-state index contributed by atoms with van der Waals surface area (Å²) in [5.74, 6) is 1.13. The molecule has 0 unspecified atom stereocenters. The Morgan fingerprint density at radius 3 is 2.39 bits per heavy atom. The van der Waals surface area contributed by atoms with Crippen molar-refractivity contribution >= 4 is 22.7 Å². The summed E-state index contributed by atoms with van der Waals surface area (Å²) in [4.78, 5) is 27.4. The number of piperidine rings is 1. The number of aromatic nitrogens is 1. The first-order valence-corrected chi connectivity index (χ1v) is 11.4. The van der Waals surface area contributed by atoms with Gasteiger partial charge in [0.25, 0.3) is 5.91 Å². The highest BCUT2D eigenvalue weighted by atomic mass is 16.5. The molecular formula is C26H31N3O4. The Bertz CT molecular complexity index is 1090. The number of hydrogen-bond acceptors (Lipinski definition) is 4. The lowest BCUT2D eigenvalue weighted by atomic mass is 9.95. The van der Waals surface area contributed by atoms with Crippen LogP contribution >= 0.6 is 0 Å². The topological polar surface area (TPSA) is 72.8 Å². The van der Waals surface area contributed by atoms with Crippen LogP contribution in [0.25, 0.3) is 10.9 Å². The second-order valence-electron chi connectivity index (χ2n) is 8.38. The van der Waals surface area contributed by atoms with E-state index < -0.39 is 0 Å². The molecule has 4 rings (SSSR count). The van der Waals surface area contributed by atoms with E-state index in [1.54, 1.807) is 37.3 Å². The number of carbonyl (C=O) groups is 2. The zero-order valence-electron chi connectivity index (χ0n) is 19.3. The number of methoxy groups -OCH3 is 2. The first kappa shape index (κ1) is 22.7. The van der Waals surface area contributed by atoms with Crippen molar-refractivity contribution in [3.63, 3.8) is 0 Å². The Balaban J connectivity index is 1.23. The highest BCUT2D eigenvalue weighted by Gasteiger charge is 2.28. The van der Waals surface area contributed by atoms with E-state index in [0.717, 1.165) is 13.0 Å². The molecule has 174 valence electrons. The highest BCUT2D eigenvalue weighted by Crippen LogP contribution is 2.25. The van der Waals surface area contributed by atoms with Gasteiger partial charge < -0.3 is 24.3 Å². The van der Waals surface area contributed by atoms with Gasteiger partial charge in [0.2, 0.25) is 5.91 Å². The number of para-hydroxylation sites is 1. The minimum absolute atomic E-state index is 0.0543. The zero-order valence-corrected chi connectivity index (χ0v) is 19.3. The minimum Gasteiger partial charge on any atom is -0.497 e. The maximum Gasteiger partial charge on any atom is 0.254 e. The lowest BCUT2D eigenvalue weighted by Gasteiger charge is -2.31. The molecule has 2 heterocycles. The lowest BCUT2D eigenvalue weighted by molar-refractivity contribution is -0.126. The lowest BCUT2D eigenvalue weighted by Crippen LogP contribution is -2.43. The molecule has 2 aromatic carbocycles. The van der Waals surface area contributed by atoms with Gasteiger partial charge in [-0.05, 0) is 48.9 Å². The molecule has 0 atom stereocenters. The molecule has 7 nitrogen and oxygen atoms in total. The van der Waals surface area contributed by atoms with E-state index in [-0.39, 0.29) is 17.7 Å². The van der Waals surface area contributed by atoms with Gasteiger partial charge >= 0.3 is 0 Å². The van der Waals surface area contributed by atoms with Crippen LogP contribution in [0.5, 0.6) is 11.5 Å². The summed E-state index contributed by atoms with van der Waals surface area (Å²) < 4.78 is 12.8. The molecule has 1 N–H and O–H groups in total. The molecule has 3 aromatic rings. The number of benzene rings is 2. The predicted molar refractivity (Wildman–Crippen MR) is 128 cm³/mol. The fraction of sp³-hybridized carbons (Fsp3) is 0.385. The maximum atomic E-state index is 12.9. The van der Waals surface area contributed by atoms with Gasteiger partial charge in [0, 0.05) is 55.4 Å². The number of hydrogen-bond donors (Lipinski definition) is 1. The molecule has 0 aliphatic carbocycles. The molecule has 1 aliphatic heterocycles. The van der Waals surface area contributed by atoms with Gasteiger partial charge in [0.05, 0.1) is 14.2 Å². The van der Waals surface area contributed by atoms with Crippen LogP contribution in [0.2, 0.25) is 0 Å². The quantitative estimate of drug-likeness (QED) is 0.532. The number of nitrogens with one attached hydrogen (secondary N) is 1. The van der Waals surface area contributed by atoms with E-state index in [1.807, 2.05) is 12.1 Å². The Morgan fingerprint density at radius 2 is 1.70 bits per heavy atom. The third-order valence-electron chi connectivity index (χ3n) is 6.31. The Hall–Kier alpha value is -3.48. The summed E-state index contributed by atoms with van der Waals surface area (Å²) in [6.45, 7) is 2.64. The largest absolute Gasteiger partial charge is 0.497 e. The normalized spacial score (nSPS) is 14.3. The molecule has 2 amide bonds. The SMILES string of the molecule is COc1cc(OC)cc(C(=O)N2CCC(C(=O)NCCCn3ccc4ccccc43)CC2)c1. The molecule has 0 bridgehead atoms. The molecule has 0 radical (unpaired) electrons. The molecule has 0 spiro atoms. The van der Waals surface area contributed by atoms with Gasteiger partial charge in [-0.1, -0.05) is 18.2 Å². The Morgan fingerprint density at radius 1 is 1.00 bits per heavy atom. The summed E-state index contributed by atoms with van der Waals surface area (Å²) in [7, 11) is 3.13. The predicted octanol–water partition coefficient (Wildman–Crippen LogP) is 3.72. The number of amides is 2. The molecule has 33 heavy (non-hydrogen) atoms. The van der Waals surface area contributed by atoms with Crippen molar-refractivity contribution < 1.29 is 19.1 Å². The van der Waals surface area contributed by atoms with Gasteiger partial charge in [-0.2, -0.15) is 0 Å². The van der Waals surface area contributed by atoms with Gasteiger partial charge in [-0.3, -0.25) is 9.59 Å². The maximum absolute atomic E-state index is 12.9. The number of aryl methyl sites for hydroxylation is 1. The van der Waals surface area contributed by atoms with Crippen LogP contribution in [0.4, 0.5) is 0 Å². The molecule has 1 fully saturated rings. The van der Waals surface area contributed by atoms with E-state index in [2.05, 4.69) is 34.3 Å². The van der Waals surface area contributed by atoms with Crippen molar-refractivity contribution in [2.75, 3.05) is 33.9 Å². The van der Waals surface area contributed by atoms with Gasteiger partial charge in [-0.25, -0.2) is 0 Å². The van der Waals surface area contributed by atoms with E-state index in [9.17, 15) is 9.59 Å². The van der Waals surface area contributed by atoms with Crippen molar-refractivity contribution in [3.05, 3.63) is 60.3 Å². The number of nitrogens with zero attached hydrogens (tertiary/aromatic N) is 2. The summed E-state index contributed by atoms with van der Waals surface area (Å²) in [6, 6.07) is 15.6. The van der Waals surface area contributed by atoms with Crippen LogP contribution in [0.15, 0.2) is 54.7 Å². The minimum atomic E-state index is -0.0648. The zero-order chi connectivity index (χ0) is 23.2. The average Bonchev–Trinajstić information content (AvgIpc) is 3.28. The second kappa shape index (κ2) is 10.4. The first-order valence-electron chi connectivity index (χ1n) is 11.4. The summed E-state index contributed by atoms with van der Waals surface area (Å²) >= 11 is 0. The molecule has 1 saturated heterocycles. The van der Waals surface area contributed by atoms with E-state index in [0.29, 0.717) is 49.5 Å². The fourth-order valence-corrected chi connectivity index (χ4v) is 4.40.